The van der Waals surface area contributed by atoms with E-state index in [2.05, 4.69) is 6.58 Å². The smallest absolute Gasteiger partial charge is 0.313 e. The van der Waals surface area contributed by atoms with Crippen LogP contribution in [-0.2, 0) is 14.3 Å². The van der Waals surface area contributed by atoms with Crippen molar-refractivity contribution in [3.05, 3.63) is 24.8 Å². The third-order valence-corrected chi connectivity index (χ3v) is 2.57. The van der Waals surface area contributed by atoms with Crippen LogP contribution >= 0.6 is 0 Å². The lowest BCUT2D eigenvalue weighted by atomic mass is 9.90. The first kappa shape index (κ1) is 9.43. The Bertz CT molecular complexity index is 287. The molecule has 2 aliphatic heterocycles. The van der Waals surface area contributed by atoms with E-state index < -0.39 is 0 Å². The maximum atomic E-state index is 11.5. The second-order valence-corrected chi connectivity index (χ2v) is 3.47. The van der Waals surface area contributed by atoms with Crippen molar-refractivity contribution >= 4 is 5.97 Å². The molecule has 0 aromatic heterocycles. The predicted octanol–water partition coefficient (Wildman–Crippen LogP) is -0.00370. The molecule has 76 valence electrons. The predicted molar refractivity (Wildman–Crippen MR) is 50.4 cm³/mol. The van der Waals surface area contributed by atoms with Crippen LogP contribution < -0.4 is 5.73 Å². The molecule has 0 radical (unpaired) electrons. The average Bonchev–Trinajstić information content (AvgIpc) is 2.74. The zero-order chi connectivity index (χ0) is 10.1. The topological polar surface area (TPSA) is 61.5 Å². The van der Waals surface area contributed by atoms with E-state index >= 15 is 0 Å². The molecule has 0 spiro atoms. The molecule has 2 N–H and O–H groups in total. The summed E-state index contributed by atoms with van der Waals surface area (Å²) in [5, 5.41) is 0. The number of rotatable bonds is 3. The Morgan fingerprint density at radius 3 is 2.86 bits per heavy atom. The average molecular weight is 195 g/mol. The van der Waals surface area contributed by atoms with Crippen molar-refractivity contribution in [2.75, 3.05) is 6.61 Å². The number of esters is 1. The van der Waals surface area contributed by atoms with Crippen LogP contribution in [0, 0.1) is 5.92 Å². The SMILES string of the molecule is C=CCOC(=O)[C@H]1[C@H](N)[C@H]2C=C[C@@H]1O2. The number of hydrogen-bond donors (Lipinski definition) is 1. The molecule has 2 rings (SSSR count). The number of fused-ring (bicyclic) bond motifs is 2. The molecule has 1 saturated heterocycles. The number of carbonyl (C=O) groups is 1. The van der Waals surface area contributed by atoms with Crippen LogP contribution in [0.15, 0.2) is 24.8 Å². The zero-order valence-electron chi connectivity index (χ0n) is 7.76. The molecule has 0 aromatic rings. The molecule has 0 aromatic carbocycles. The highest BCUT2D eigenvalue weighted by Crippen LogP contribution is 2.33. The van der Waals surface area contributed by atoms with E-state index in [4.69, 9.17) is 15.2 Å². The molecule has 14 heavy (non-hydrogen) atoms. The Labute approximate surface area is 82.4 Å². The van der Waals surface area contributed by atoms with Crippen LogP contribution in [0.25, 0.3) is 0 Å². The summed E-state index contributed by atoms with van der Waals surface area (Å²) >= 11 is 0. The maximum absolute atomic E-state index is 11.5. The summed E-state index contributed by atoms with van der Waals surface area (Å²) in [5.74, 6) is -0.654. The fraction of sp³-hybridized carbons (Fsp3) is 0.500. The minimum Gasteiger partial charge on any atom is -0.461 e. The zero-order valence-corrected chi connectivity index (χ0v) is 7.76. The largest absolute Gasteiger partial charge is 0.461 e. The van der Waals surface area contributed by atoms with Gasteiger partial charge in [-0.05, 0) is 0 Å². The molecule has 4 atom stereocenters. The van der Waals surface area contributed by atoms with Gasteiger partial charge in [0.25, 0.3) is 0 Å². The molecule has 0 saturated carbocycles. The highest BCUT2D eigenvalue weighted by molar-refractivity contribution is 5.75. The first-order valence-corrected chi connectivity index (χ1v) is 4.61. The van der Waals surface area contributed by atoms with Gasteiger partial charge in [0.1, 0.15) is 12.5 Å². The molecular weight excluding hydrogens is 182 g/mol. The summed E-state index contributed by atoms with van der Waals surface area (Å²) < 4.78 is 10.4. The third kappa shape index (κ3) is 1.36. The third-order valence-electron chi connectivity index (χ3n) is 2.57. The van der Waals surface area contributed by atoms with Gasteiger partial charge in [-0.3, -0.25) is 4.79 Å². The van der Waals surface area contributed by atoms with E-state index in [9.17, 15) is 4.79 Å². The van der Waals surface area contributed by atoms with Gasteiger partial charge in [0.2, 0.25) is 0 Å². The normalized spacial score (nSPS) is 38.6. The summed E-state index contributed by atoms with van der Waals surface area (Å²) in [6.45, 7) is 3.70. The Balaban J connectivity index is 2.01. The second-order valence-electron chi connectivity index (χ2n) is 3.47. The van der Waals surface area contributed by atoms with Gasteiger partial charge < -0.3 is 15.2 Å². The molecule has 1 fully saturated rings. The van der Waals surface area contributed by atoms with Gasteiger partial charge >= 0.3 is 5.97 Å². The highest BCUT2D eigenvalue weighted by Gasteiger charge is 2.48. The van der Waals surface area contributed by atoms with Gasteiger partial charge in [0.15, 0.2) is 0 Å². The molecule has 2 heterocycles. The van der Waals surface area contributed by atoms with Gasteiger partial charge in [-0.2, -0.15) is 0 Å². The van der Waals surface area contributed by atoms with Gasteiger partial charge in [0.05, 0.1) is 18.2 Å². The van der Waals surface area contributed by atoms with E-state index in [-0.39, 0.29) is 36.7 Å². The van der Waals surface area contributed by atoms with Crippen LogP contribution in [0.1, 0.15) is 0 Å². The summed E-state index contributed by atoms with van der Waals surface area (Å²) in [7, 11) is 0. The summed E-state index contributed by atoms with van der Waals surface area (Å²) in [5.41, 5.74) is 5.83. The summed E-state index contributed by atoms with van der Waals surface area (Å²) in [6, 6.07) is -0.276. The second kappa shape index (κ2) is 3.55. The van der Waals surface area contributed by atoms with Gasteiger partial charge in [-0.1, -0.05) is 24.8 Å². The Kier molecular flexibility index (Phi) is 2.39. The monoisotopic (exact) mass is 195 g/mol. The Morgan fingerprint density at radius 1 is 1.57 bits per heavy atom. The molecule has 0 aliphatic carbocycles. The number of ether oxygens (including phenoxy) is 2. The van der Waals surface area contributed by atoms with Crippen LogP contribution in [0.3, 0.4) is 0 Å². The van der Waals surface area contributed by atoms with Crippen LogP contribution in [0.2, 0.25) is 0 Å². The molecule has 4 nitrogen and oxygen atoms in total. The standard InChI is InChI=1S/C10H13NO3/c1-2-5-13-10(12)8-6-3-4-7(14-6)9(8)11/h2-4,6-9H,1,5,11H2/t6-,7+,8+,9+/m0/s1. The van der Waals surface area contributed by atoms with Gasteiger partial charge in [-0.15, -0.1) is 0 Å². The van der Waals surface area contributed by atoms with Crippen molar-refractivity contribution in [2.45, 2.75) is 18.2 Å². The highest BCUT2D eigenvalue weighted by atomic mass is 16.5. The van der Waals surface area contributed by atoms with Crippen LogP contribution in [0.4, 0.5) is 0 Å². The summed E-state index contributed by atoms with van der Waals surface area (Å²) in [4.78, 5) is 11.5. The Morgan fingerprint density at radius 2 is 2.29 bits per heavy atom. The molecule has 2 bridgehead atoms. The molecule has 4 heteroatoms. The van der Waals surface area contributed by atoms with Crippen molar-refractivity contribution in [1.29, 1.82) is 0 Å². The number of hydrogen-bond acceptors (Lipinski definition) is 4. The van der Waals surface area contributed by atoms with Crippen LogP contribution in [0.5, 0.6) is 0 Å². The molecule has 2 aliphatic rings. The summed E-state index contributed by atoms with van der Waals surface area (Å²) in [6.07, 6.45) is 4.97. The number of nitrogens with two attached hydrogens (primary N) is 1. The van der Waals surface area contributed by atoms with Gasteiger partial charge in [0, 0.05) is 0 Å². The maximum Gasteiger partial charge on any atom is 0.313 e. The van der Waals surface area contributed by atoms with E-state index in [0.717, 1.165) is 0 Å². The molecular formula is C10H13NO3. The van der Waals surface area contributed by atoms with Crippen molar-refractivity contribution < 1.29 is 14.3 Å². The minimum atomic E-state index is -0.357. The van der Waals surface area contributed by atoms with Crippen molar-refractivity contribution in [1.82, 2.24) is 0 Å². The van der Waals surface area contributed by atoms with E-state index in [1.807, 2.05) is 12.2 Å². The van der Waals surface area contributed by atoms with Crippen molar-refractivity contribution in [3.8, 4) is 0 Å². The fourth-order valence-corrected chi connectivity index (χ4v) is 1.87. The lowest BCUT2D eigenvalue weighted by Gasteiger charge is -2.19. The number of carbonyl (C=O) groups excluding carboxylic acids is 1. The molecule has 0 amide bonds. The van der Waals surface area contributed by atoms with Gasteiger partial charge in [-0.25, -0.2) is 0 Å². The lowest BCUT2D eigenvalue weighted by Crippen LogP contribution is -2.42. The van der Waals surface area contributed by atoms with E-state index in [0.29, 0.717) is 0 Å². The van der Waals surface area contributed by atoms with Crippen LogP contribution in [-0.4, -0.2) is 30.8 Å². The van der Waals surface area contributed by atoms with Crippen molar-refractivity contribution in [3.63, 3.8) is 0 Å². The van der Waals surface area contributed by atoms with Crippen molar-refractivity contribution in [2.24, 2.45) is 11.7 Å². The lowest BCUT2D eigenvalue weighted by molar-refractivity contribution is -0.148. The quantitative estimate of drug-likeness (QED) is 0.508. The molecule has 0 unspecified atom stereocenters. The van der Waals surface area contributed by atoms with E-state index in [1.54, 1.807) is 0 Å². The fourth-order valence-electron chi connectivity index (χ4n) is 1.87. The first-order valence-electron chi connectivity index (χ1n) is 4.61. The minimum absolute atomic E-state index is 0.124. The first-order chi connectivity index (χ1) is 6.74. The Hall–Kier alpha value is -1.13. The van der Waals surface area contributed by atoms with E-state index in [1.165, 1.54) is 6.08 Å².